The molecule has 2 saturated heterocycles. The van der Waals surface area contributed by atoms with Crippen LogP contribution >= 0.6 is 11.6 Å². The third-order valence-corrected chi connectivity index (χ3v) is 5.86. The zero-order valence-electron chi connectivity index (χ0n) is 15.5. The fourth-order valence-electron chi connectivity index (χ4n) is 4.09. The van der Waals surface area contributed by atoms with Gasteiger partial charge in [0.25, 0.3) is 5.91 Å². The number of rotatable bonds is 4. The van der Waals surface area contributed by atoms with Crippen LogP contribution in [0.4, 0.5) is 0 Å². The van der Waals surface area contributed by atoms with Crippen LogP contribution in [0.1, 0.15) is 36.7 Å². The first kappa shape index (κ1) is 19.4. The van der Waals surface area contributed by atoms with E-state index in [0.717, 1.165) is 32.5 Å². The minimum absolute atomic E-state index is 0.259. The predicted molar refractivity (Wildman–Crippen MR) is 101 cm³/mol. The molecule has 0 aromatic carbocycles. The van der Waals surface area contributed by atoms with Crippen molar-refractivity contribution in [1.29, 1.82) is 0 Å². The molecule has 7 heteroatoms. The van der Waals surface area contributed by atoms with E-state index in [4.69, 9.17) is 16.3 Å². The van der Waals surface area contributed by atoms with E-state index >= 15 is 0 Å². The number of piperidine rings is 1. The zero-order valence-corrected chi connectivity index (χ0v) is 16.3. The number of carbonyl (C=O) groups excluding carboxylic acids is 1. The lowest BCUT2D eigenvalue weighted by atomic mass is 9.75. The van der Waals surface area contributed by atoms with Crippen molar-refractivity contribution >= 4 is 17.5 Å². The van der Waals surface area contributed by atoms with Gasteiger partial charge in [-0.3, -0.25) is 9.69 Å². The maximum absolute atomic E-state index is 12.5. The molecule has 1 aromatic heterocycles. The van der Waals surface area contributed by atoms with Crippen LogP contribution in [0.25, 0.3) is 0 Å². The van der Waals surface area contributed by atoms with Gasteiger partial charge in [-0.1, -0.05) is 17.7 Å². The van der Waals surface area contributed by atoms with E-state index < -0.39 is 11.6 Å². The van der Waals surface area contributed by atoms with Crippen LogP contribution < -0.4 is 5.32 Å². The third kappa shape index (κ3) is 3.98. The van der Waals surface area contributed by atoms with E-state index in [-0.39, 0.29) is 11.5 Å². The highest BCUT2D eigenvalue weighted by atomic mass is 35.5. The molecule has 0 saturated carbocycles. The minimum atomic E-state index is -1.02. The normalized spacial score (nSPS) is 28.8. The number of halogens is 1. The maximum atomic E-state index is 12.5. The molecule has 1 amide bonds. The summed E-state index contributed by atoms with van der Waals surface area (Å²) in [6, 6.07) is 1.16. The van der Waals surface area contributed by atoms with Gasteiger partial charge in [-0.15, -0.1) is 6.58 Å². The van der Waals surface area contributed by atoms with Crippen LogP contribution in [-0.4, -0.2) is 64.0 Å². The summed E-state index contributed by atoms with van der Waals surface area (Å²) in [5.41, 5.74) is -0.871. The van der Waals surface area contributed by atoms with E-state index in [9.17, 15) is 9.90 Å². The second-order valence-corrected chi connectivity index (χ2v) is 8.23. The summed E-state index contributed by atoms with van der Waals surface area (Å²) in [4.78, 5) is 14.9. The molecule has 2 N–H and O–H groups in total. The molecule has 0 unspecified atom stereocenters. The Morgan fingerprint density at radius 2 is 2.23 bits per heavy atom. The number of aliphatic hydroxyl groups is 1. The highest BCUT2D eigenvalue weighted by molar-refractivity contribution is 6.31. The number of ether oxygens (including phenoxy) is 1. The minimum Gasteiger partial charge on any atom is -0.388 e. The first-order valence-corrected chi connectivity index (χ1v) is 9.45. The van der Waals surface area contributed by atoms with E-state index in [1.807, 2.05) is 6.08 Å². The summed E-state index contributed by atoms with van der Waals surface area (Å²) in [5.74, 6) is -0.259. The Morgan fingerprint density at radius 3 is 2.77 bits per heavy atom. The molecular weight excluding hydrogens is 354 g/mol. The molecule has 6 nitrogen and oxygen atoms in total. The summed E-state index contributed by atoms with van der Waals surface area (Å²) in [7, 11) is 1.77. The lowest BCUT2D eigenvalue weighted by Crippen LogP contribution is -2.64. The van der Waals surface area contributed by atoms with Gasteiger partial charge >= 0.3 is 0 Å². The molecule has 0 bridgehead atoms. The molecule has 2 atom stereocenters. The van der Waals surface area contributed by atoms with Gasteiger partial charge < -0.3 is 19.7 Å². The van der Waals surface area contributed by atoms with Crippen molar-refractivity contribution in [3.05, 3.63) is 35.6 Å². The Morgan fingerprint density at radius 1 is 1.54 bits per heavy atom. The topological polar surface area (TPSA) is 66.7 Å². The molecule has 0 radical (unpaired) electrons. The highest BCUT2D eigenvalue weighted by Gasteiger charge is 2.49. The number of likely N-dealkylation sites (tertiary alicyclic amines) is 1. The molecule has 0 aliphatic carbocycles. The van der Waals surface area contributed by atoms with Crippen molar-refractivity contribution in [2.75, 3.05) is 26.2 Å². The molecule has 1 aromatic rings. The van der Waals surface area contributed by atoms with Crippen molar-refractivity contribution in [3.63, 3.8) is 0 Å². The average Bonchev–Trinajstić information content (AvgIpc) is 2.91. The number of hydrogen-bond acceptors (Lipinski definition) is 4. The molecule has 3 heterocycles. The van der Waals surface area contributed by atoms with Crippen LogP contribution in [0, 0.1) is 0 Å². The van der Waals surface area contributed by atoms with Crippen molar-refractivity contribution in [1.82, 2.24) is 14.8 Å². The van der Waals surface area contributed by atoms with Gasteiger partial charge in [0.05, 0.1) is 28.9 Å². The van der Waals surface area contributed by atoms with Gasteiger partial charge in [-0.25, -0.2) is 0 Å². The largest absolute Gasteiger partial charge is 0.388 e. The molecule has 144 valence electrons. The summed E-state index contributed by atoms with van der Waals surface area (Å²) in [6.07, 6.45) is 5.87. The second kappa shape index (κ2) is 7.35. The van der Waals surface area contributed by atoms with Gasteiger partial charge in [0, 0.05) is 39.3 Å². The van der Waals surface area contributed by atoms with E-state index in [0.29, 0.717) is 23.7 Å². The zero-order chi connectivity index (χ0) is 18.9. The third-order valence-electron chi connectivity index (χ3n) is 5.65. The lowest BCUT2D eigenvalue weighted by Gasteiger charge is -2.51. The molecular formula is C19H28ClN3O3. The van der Waals surface area contributed by atoms with Gasteiger partial charge in [0.2, 0.25) is 0 Å². The number of amides is 1. The van der Waals surface area contributed by atoms with Crippen molar-refractivity contribution in [3.8, 4) is 0 Å². The Labute approximate surface area is 159 Å². The van der Waals surface area contributed by atoms with E-state index in [2.05, 4.69) is 16.8 Å². The Hall–Kier alpha value is -1.34. The summed E-state index contributed by atoms with van der Waals surface area (Å²) >= 11 is 5.96. The molecule has 2 aliphatic heterocycles. The van der Waals surface area contributed by atoms with Crippen molar-refractivity contribution in [2.24, 2.45) is 7.05 Å². The Bertz CT molecular complexity index is 678. The molecule has 2 fully saturated rings. The molecule has 3 rings (SSSR count). The monoisotopic (exact) mass is 381 g/mol. The van der Waals surface area contributed by atoms with Gasteiger partial charge in [-0.2, -0.15) is 0 Å². The van der Waals surface area contributed by atoms with Crippen LogP contribution in [0.2, 0.25) is 5.02 Å². The average molecular weight is 382 g/mol. The van der Waals surface area contributed by atoms with Gasteiger partial charge in [0.15, 0.2) is 0 Å². The number of nitrogens with one attached hydrogen (secondary N) is 1. The quantitative estimate of drug-likeness (QED) is 0.782. The number of nitrogens with zero attached hydrogens (tertiary/aromatic N) is 2. The van der Waals surface area contributed by atoms with Gasteiger partial charge in [0.1, 0.15) is 5.69 Å². The number of aryl methyl sites for hydroxylation is 1. The van der Waals surface area contributed by atoms with Crippen molar-refractivity contribution < 1.29 is 14.6 Å². The fraction of sp³-hybridized carbons (Fsp3) is 0.632. The van der Waals surface area contributed by atoms with Crippen LogP contribution in [-0.2, 0) is 11.8 Å². The number of hydrogen-bond donors (Lipinski definition) is 2. The first-order chi connectivity index (χ1) is 12.2. The van der Waals surface area contributed by atoms with Gasteiger partial charge in [-0.05, 0) is 25.8 Å². The first-order valence-electron chi connectivity index (χ1n) is 9.07. The maximum Gasteiger partial charge on any atom is 0.268 e. The molecule has 2 aliphatic rings. The van der Waals surface area contributed by atoms with Crippen molar-refractivity contribution in [2.45, 2.75) is 43.4 Å². The number of aromatic nitrogens is 1. The Kier molecular flexibility index (Phi) is 5.49. The van der Waals surface area contributed by atoms with E-state index in [1.165, 1.54) is 0 Å². The fourth-order valence-corrected chi connectivity index (χ4v) is 4.34. The molecule has 1 spiro atoms. The molecule has 26 heavy (non-hydrogen) atoms. The Balaban J connectivity index is 1.63. The van der Waals surface area contributed by atoms with Crippen LogP contribution in [0.5, 0.6) is 0 Å². The predicted octanol–water partition coefficient (Wildman–Crippen LogP) is 1.97. The van der Waals surface area contributed by atoms with Crippen LogP contribution in [0.3, 0.4) is 0 Å². The number of carbonyl (C=O) groups is 1. The standard InChI is InChI=1S/C19H28ClN3O3/c1-4-7-23-8-5-19(6-9-23)13-18(2,25)16(12-26-19)21-17(24)15-10-14(20)11-22(15)3/h4,10-11,16,25H,1,5-9,12-13H2,2-3H3,(H,21,24)/t16-,18-/m0/s1. The summed E-state index contributed by atoms with van der Waals surface area (Å²) in [5, 5.41) is 14.5. The smallest absolute Gasteiger partial charge is 0.268 e. The highest BCUT2D eigenvalue weighted by Crippen LogP contribution is 2.39. The SMILES string of the molecule is C=CCN1CCC2(CC1)C[C@](C)(O)[C@@H](NC(=O)c1cc(Cl)cn1C)CO2. The second-order valence-electron chi connectivity index (χ2n) is 7.80. The summed E-state index contributed by atoms with van der Waals surface area (Å²) in [6.45, 7) is 8.62. The van der Waals surface area contributed by atoms with E-state index in [1.54, 1.807) is 30.8 Å². The lowest BCUT2D eigenvalue weighted by molar-refractivity contribution is -0.185. The summed E-state index contributed by atoms with van der Waals surface area (Å²) < 4.78 is 7.87. The van der Waals surface area contributed by atoms with Crippen LogP contribution in [0.15, 0.2) is 24.9 Å².